The Labute approximate surface area is 161 Å². The third-order valence-corrected chi connectivity index (χ3v) is 6.00. The van der Waals surface area contributed by atoms with Crippen molar-refractivity contribution in [1.29, 1.82) is 0 Å². The van der Waals surface area contributed by atoms with Crippen molar-refractivity contribution in [3.8, 4) is 11.5 Å². The van der Waals surface area contributed by atoms with Crippen LogP contribution < -0.4 is 9.47 Å². The highest BCUT2D eigenvalue weighted by Gasteiger charge is 2.78. The van der Waals surface area contributed by atoms with Crippen molar-refractivity contribution in [3.63, 3.8) is 0 Å². The van der Waals surface area contributed by atoms with Crippen molar-refractivity contribution in [2.75, 3.05) is 32.7 Å². The van der Waals surface area contributed by atoms with Crippen LogP contribution in [0.4, 0.5) is 0 Å². The van der Waals surface area contributed by atoms with E-state index < -0.39 is 27.9 Å². The van der Waals surface area contributed by atoms with E-state index in [0.29, 0.717) is 11.5 Å². The number of rotatable bonds is 8. The molecule has 8 nitrogen and oxygen atoms in total. The molecule has 0 amide bonds. The van der Waals surface area contributed by atoms with Gasteiger partial charge < -0.3 is 14.2 Å². The Hall–Kier alpha value is -2.10. The lowest BCUT2D eigenvalue weighted by atomic mass is 9.97. The standard InChI is InChI=1S/C18H21NO7S/c1-4-24-16(22)17-11-27-18(15(21)14(17)20,19(17)26-5-2)10-25-13-9-7-6-8-12(13)23-3/h6-9H,4-5,10-11H2,1-3H3. The summed E-state index contributed by atoms with van der Waals surface area (Å²) in [6, 6.07) is 6.97. The Morgan fingerprint density at radius 2 is 1.85 bits per heavy atom. The smallest absolute Gasteiger partial charge is 0.338 e. The first-order valence-electron chi connectivity index (χ1n) is 8.57. The number of hydrogen-bond donors (Lipinski definition) is 0. The number of fused-ring (bicyclic) bond motifs is 2. The fourth-order valence-corrected chi connectivity index (χ4v) is 4.74. The summed E-state index contributed by atoms with van der Waals surface area (Å²) in [6.45, 7) is 3.45. The van der Waals surface area contributed by atoms with E-state index in [4.69, 9.17) is 19.0 Å². The van der Waals surface area contributed by atoms with Crippen molar-refractivity contribution < 1.29 is 33.4 Å². The Balaban J connectivity index is 1.94. The molecule has 2 aliphatic heterocycles. The maximum Gasteiger partial charge on any atom is 0.338 e. The summed E-state index contributed by atoms with van der Waals surface area (Å²) >= 11 is 1.15. The summed E-state index contributed by atoms with van der Waals surface area (Å²) in [5, 5.41) is 1.18. The minimum atomic E-state index is -1.77. The van der Waals surface area contributed by atoms with E-state index in [1.165, 1.54) is 12.2 Å². The van der Waals surface area contributed by atoms with Crippen molar-refractivity contribution in [1.82, 2.24) is 5.06 Å². The molecule has 0 saturated carbocycles. The van der Waals surface area contributed by atoms with Gasteiger partial charge in [0.25, 0.3) is 0 Å². The number of hydrogen-bond acceptors (Lipinski definition) is 9. The molecule has 27 heavy (non-hydrogen) atoms. The largest absolute Gasteiger partial charge is 0.493 e. The number of para-hydroxylation sites is 2. The number of methoxy groups -OCH3 is 1. The molecule has 2 heterocycles. The van der Waals surface area contributed by atoms with Gasteiger partial charge in [0.05, 0.1) is 20.3 Å². The molecule has 2 bridgehead atoms. The van der Waals surface area contributed by atoms with Gasteiger partial charge >= 0.3 is 5.97 Å². The first-order chi connectivity index (χ1) is 13.0. The van der Waals surface area contributed by atoms with Crippen LogP contribution in [0.25, 0.3) is 0 Å². The van der Waals surface area contributed by atoms with E-state index in [0.717, 1.165) is 11.8 Å². The lowest BCUT2D eigenvalue weighted by Crippen LogP contribution is -2.57. The van der Waals surface area contributed by atoms with Gasteiger partial charge in [-0.05, 0) is 26.0 Å². The van der Waals surface area contributed by atoms with E-state index in [-0.39, 0.29) is 25.6 Å². The first-order valence-corrected chi connectivity index (χ1v) is 9.56. The van der Waals surface area contributed by atoms with Crippen LogP contribution in [0, 0.1) is 0 Å². The summed E-state index contributed by atoms with van der Waals surface area (Å²) in [6.07, 6.45) is 0. The SMILES string of the molecule is CCOC(=O)C12CSC(COc3ccccc3OC)(C(=O)C1=O)N2OCC. The fourth-order valence-electron chi connectivity index (χ4n) is 3.24. The van der Waals surface area contributed by atoms with Gasteiger partial charge in [-0.25, -0.2) is 4.79 Å². The van der Waals surface area contributed by atoms with Crippen LogP contribution in [0.15, 0.2) is 24.3 Å². The summed E-state index contributed by atoms with van der Waals surface area (Å²) in [5.74, 6) is -1.35. The molecule has 0 spiro atoms. The monoisotopic (exact) mass is 395 g/mol. The van der Waals surface area contributed by atoms with Crippen LogP contribution in [0.5, 0.6) is 11.5 Å². The fraction of sp³-hybridized carbons (Fsp3) is 0.500. The average molecular weight is 395 g/mol. The second kappa shape index (κ2) is 7.49. The molecule has 2 saturated heterocycles. The molecule has 0 radical (unpaired) electrons. The number of thioether (sulfide) groups is 1. The lowest BCUT2D eigenvalue weighted by molar-refractivity contribution is -0.227. The molecule has 0 aromatic heterocycles. The van der Waals surface area contributed by atoms with Crippen molar-refractivity contribution >= 4 is 29.3 Å². The number of hydroxylamine groups is 2. The Kier molecular flexibility index (Phi) is 5.45. The molecule has 0 aliphatic carbocycles. The van der Waals surface area contributed by atoms with Gasteiger partial charge in [0, 0.05) is 5.75 Å². The third kappa shape index (κ3) is 2.81. The molecule has 1 aromatic carbocycles. The zero-order valence-corrected chi connectivity index (χ0v) is 16.2. The van der Waals surface area contributed by atoms with Crippen LogP contribution in [0.1, 0.15) is 13.8 Å². The Morgan fingerprint density at radius 1 is 1.15 bits per heavy atom. The molecule has 0 N–H and O–H groups in total. The average Bonchev–Trinajstić information content (AvgIpc) is 3.09. The molecular weight excluding hydrogens is 374 g/mol. The van der Waals surface area contributed by atoms with Gasteiger partial charge in [0.1, 0.15) is 6.61 Å². The second-order valence-corrected chi connectivity index (χ2v) is 7.22. The molecule has 3 rings (SSSR count). The summed E-state index contributed by atoms with van der Waals surface area (Å²) in [4.78, 5) is 42.4. The molecule has 9 heteroatoms. The number of carbonyl (C=O) groups excluding carboxylic acids is 3. The van der Waals surface area contributed by atoms with E-state index >= 15 is 0 Å². The zero-order valence-electron chi connectivity index (χ0n) is 15.4. The summed E-state index contributed by atoms with van der Waals surface area (Å²) in [5.41, 5.74) is -1.77. The van der Waals surface area contributed by atoms with Crippen LogP contribution in [0.2, 0.25) is 0 Å². The number of nitrogens with zero attached hydrogens (tertiary/aromatic N) is 1. The van der Waals surface area contributed by atoms with Crippen molar-refractivity contribution in [2.24, 2.45) is 0 Å². The number of carbonyl (C=O) groups is 3. The zero-order chi connectivity index (χ0) is 19.7. The highest BCUT2D eigenvalue weighted by Crippen LogP contribution is 2.53. The highest BCUT2D eigenvalue weighted by atomic mass is 32.2. The number of esters is 1. The summed E-state index contributed by atoms with van der Waals surface area (Å²) in [7, 11) is 1.51. The molecule has 2 unspecified atom stereocenters. The Bertz CT molecular complexity index is 770. The molecule has 146 valence electrons. The van der Waals surface area contributed by atoms with Crippen LogP contribution in [-0.4, -0.2) is 65.7 Å². The molecule has 2 fully saturated rings. The van der Waals surface area contributed by atoms with E-state index in [1.54, 1.807) is 38.1 Å². The quantitative estimate of drug-likeness (QED) is 0.366. The van der Waals surface area contributed by atoms with Gasteiger partial charge in [0.15, 0.2) is 16.4 Å². The number of ether oxygens (including phenoxy) is 3. The van der Waals surface area contributed by atoms with E-state index in [2.05, 4.69) is 0 Å². The molecule has 2 atom stereocenters. The predicted octanol–water partition coefficient (Wildman–Crippen LogP) is 1.22. The molecule has 1 aromatic rings. The number of ketones is 2. The van der Waals surface area contributed by atoms with Crippen molar-refractivity contribution in [3.05, 3.63) is 24.3 Å². The lowest BCUT2D eigenvalue weighted by Gasteiger charge is -2.32. The van der Waals surface area contributed by atoms with Gasteiger partial charge in [-0.1, -0.05) is 12.1 Å². The second-order valence-electron chi connectivity index (χ2n) is 5.96. The molecular formula is C18H21NO7S. The highest BCUT2D eigenvalue weighted by molar-refractivity contribution is 8.02. The van der Waals surface area contributed by atoms with Gasteiger partial charge in [-0.3, -0.25) is 14.4 Å². The van der Waals surface area contributed by atoms with Gasteiger partial charge in [-0.2, -0.15) is 0 Å². The third-order valence-electron chi connectivity index (χ3n) is 4.49. The minimum absolute atomic E-state index is 0.0612. The minimum Gasteiger partial charge on any atom is -0.493 e. The first kappa shape index (κ1) is 19.7. The van der Waals surface area contributed by atoms with E-state index in [9.17, 15) is 14.4 Å². The van der Waals surface area contributed by atoms with Crippen LogP contribution in [0.3, 0.4) is 0 Å². The maximum atomic E-state index is 12.9. The van der Waals surface area contributed by atoms with Crippen molar-refractivity contribution in [2.45, 2.75) is 24.3 Å². The summed E-state index contributed by atoms with van der Waals surface area (Å²) < 4.78 is 16.1. The Morgan fingerprint density at radius 3 is 2.48 bits per heavy atom. The number of Topliss-reactive ketones (excluding diaryl/α,β-unsaturated/α-hetero) is 2. The topological polar surface area (TPSA) is 91.4 Å². The van der Waals surface area contributed by atoms with Crippen LogP contribution >= 0.6 is 11.8 Å². The van der Waals surface area contributed by atoms with Gasteiger partial charge in [-0.15, -0.1) is 16.8 Å². The normalized spacial score (nSPS) is 27.1. The van der Waals surface area contributed by atoms with E-state index in [1.807, 2.05) is 0 Å². The van der Waals surface area contributed by atoms with Gasteiger partial charge in [0.2, 0.25) is 17.1 Å². The maximum absolute atomic E-state index is 12.9. The van der Waals surface area contributed by atoms with Crippen LogP contribution in [-0.2, 0) is 24.0 Å². The number of benzene rings is 1. The predicted molar refractivity (Wildman–Crippen MR) is 96.5 cm³/mol. The molecule has 2 aliphatic rings.